The van der Waals surface area contributed by atoms with Crippen molar-refractivity contribution in [3.63, 3.8) is 0 Å². The molecule has 0 spiro atoms. The van der Waals surface area contributed by atoms with E-state index in [4.69, 9.17) is 28.9 Å². The molecule has 1 amide bonds. The molecular formula is C13H9BrCl2N2O. The van der Waals surface area contributed by atoms with Crippen LogP contribution in [0.15, 0.2) is 40.9 Å². The van der Waals surface area contributed by atoms with Gasteiger partial charge in [-0.1, -0.05) is 29.3 Å². The maximum Gasteiger partial charge on any atom is 0.257 e. The van der Waals surface area contributed by atoms with E-state index in [1.807, 2.05) is 0 Å². The molecule has 2 aromatic rings. The first-order valence-electron chi connectivity index (χ1n) is 5.29. The van der Waals surface area contributed by atoms with Crippen molar-refractivity contribution in [2.45, 2.75) is 0 Å². The van der Waals surface area contributed by atoms with E-state index < -0.39 is 0 Å². The van der Waals surface area contributed by atoms with Crippen LogP contribution in [0.25, 0.3) is 0 Å². The number of anilines is 2. The molecule has 0 aliphatic rings. The number of halogens is 3. The smallest absolute Gasteiger partial charge is 0.257 e. The van der Waals surface area contributed by atoms with Gasteiger partial charge in [-0.25, -0.2) is 0 Å². The number of amides is 1. The van der Waals surface area contributed by atoms with Gasteiger partial charge in [0.1, 0.15) is 0 Å². The van der Waals surface area contributed by atoms with Gasteiger partial charge in [-0.2, -0.15) is 0 Å². The number of nitrogens with two attached hydrogens (primary N) is 1. The third-order valence-corrected chi connectivity index (χ3v) is 3.96. The number of carbonyl (C=O) groups is 1. The number of benzene rings is 2. The molecule has 3 N–H and O–H groups in total. The first kappa shape index (κ1) is 14.2. The predicted molar refractivity (Wildman–Crippen MR) is 83.0 cm³/mol. The van der Waals surface area contributed by atoms with Crippen molar-refractivity contribution < 1.29 is 4.79 Å². The lowest BCUT2D eigenvalue weighted by atomic mass is 10.2. The van der Waals surface area contributed by atoms with Gasteiger partial charge in [0.05, 0.1) is 15.6 Å². The molecule has 0 heterocycles. The molecule has 0 saturated heterocycles. The predicted octanol–water partition coefficient (Wildman–Crippen LogP) is 4.59. The van der Waals surface area contributed by atoms with Gasteiger partial charge in [0.2, 0.25) is 0 Å². The Morgan fingerprint density at radius 2 is 1.95 bits per heavy atom. The van der Waals surface area contributed by atoms with Crippen LogP contribution in [0.1, 0.15) is 10.4 Å². The fraction of sp³-hybridized carbons (Fsp3) is 0. The molecule has 0 fully saturated rings. The van der Waals surface area contributed by atoms with Crippen LogP contribution in [0.4, 0.5) is 11.4 Å². The van der Waals surface area contributed by atoms with E-state index in [9.17, 15) is 4.79 Å². The quantitative estimate of drug-likeness (QED) is 0.770. The average molecular weight is 360 g/mol. The Labute approximate surface area is 128 Å². The Balaban J connectivity index is 2.26. The van der Waals surface area contributed by atoms with Crippen molar-refractivity contribution >= 4 is 56.4 Å². The zero-order valence-electron chi connectivity index (χ0n) is 9.58. The highest BCUT2D eigenvalue weighted by atomic mass is 79.9. The standard InChI is InChI=1S/C13H9BrCl2N2O/c14-9-6-7(4-5-11(9)17)18-13(19)8-2-1-3-10(15)12(8)16/h1-6H,17H2,(H,18,19). The maximum absolute atomic E-state index is 12.1. The third kappa shape index (κ3) is 3.21. The fourth-order valence-electron chi connectivity index (χ4n) is 1.48. The maximum atomic E-state index is 12.1. The van der Waals surface area contributed by atoms with Crippen LogP contribution in [-0.2, 0) is 0 Å². The summed E-state index contributed by atoms with van der Waals surface area (Å²) in [6.45, 7) is 0. The van der Waals surface area contributed by atoms with Gasteiger partial charge >= 0.3 is 0 Å². The van der Waals surface area contributed by atoms with E-state index in [0.717, 1.165) is 0 Å². The Morgan fingerprint density at radius 3 is 2.63 bits per heavy atom. The number of rotatable bonds is 2. The summed E-state index contributed by atoms with van der Waals surface area (Å²) in [7, 11) is 0. The van der Waals surface area contributed by atoms with Crippen LogP contribution < -0.4 is 11.1 Å². The van der Waals surface area contributed by atoms with Crippen molar-refractivity contribution in [1.29, 1.82) is 0 Å². The minimum atomic E-state index is -0.329. The molecule has 0 aliphatic carbocycles. The van der Waals surface area contributed by atoms with Gasteiger partial charge in [-0.15, -0.1) is 0 Å². The summed E-state index contributed by atoms with van der Waals surface area (Å²) in [4.78, 5) is 12.1. The van der Waals surface area contributed by atoms with Gasteiger partial charge in [0.25, 0.3) is 5.91 Å². The Bertz CT molecular complexity index is 647. The Kier molecular flexibility index (Phi) is 4.34. The molecule has 6 heteroatoms. The summed E-state index contributed by atoms with van der Waals surface area (Å²) >= 11 is 15.2. The van der Waals surface area contributed by atoms with Crippen LogP contribution in [-0.4, -0.2) is 5.91 Å². The molecule has 19 heavy (non-hydrogen) atoms. The normalized spacial score (nSPS) is 10.3. The molecule has 0 unspecified atom stereocenters. The van der Waals surface area contributed by atoms with Crippen LogP contribution in [0, 0.1) is 0 Å². The zero-order chi connectivity index (χ0) is 14.0. The molecule has 0 aromatic heterocycles. The highest BCUT2D eigenvalue weighted by Gasteiger charge is 2.13. The lowest BCUT2D eigenvalue weighted by Crippen LogP contribution is -2.12. The minimum absolute atomic E-state index is 0.233. The highest BCUT2D eigenvalue weighted by molar-refractivity contribution is 9.10. The fourth-order valence-corrected chi connectivity index (χ4v) is 2.25. The zero-order valence-corrected chi connectivity index (χ0v) is 12.7. The first-order valence-corrected chi connectivity index (χ1v) is 6.84. The third-order valence-electron chi connectivity index (χ3n) is 2.45. The molecule has 0 radical (unpaired) electrons. The lowest BCUT2D eigenvalue weighted by molar-refractivity contribution is 0.102. The van der Waals surface area contributed by atoms with E-state index in [1.165, 1.54) is 0 Å². The van der Waals surface area contributed by atoms with Gasteiger partial charge in [-0.3, -0.25) is 4.79 Å². The van der Waals surface area contributed by atoms with Crippen LogP contribution in [0.5, 0.6) is 0 Å². The largest absolute Gasteiger partial charge is 0.398 e. The minimum Gasteiger partial charge on any atom is -0.398 e. The molecule has 3 nitrogen and oxygen atoms in total. The van der Waals surface area contributed by atoms with Crippen LogP contribution in [0.3, 0.4) is 0 Å². The Hall–Kier alpha value is -1.23. The summed E-state index contributed by atoms with van der Waals surface area (Å²) < 4.78 is 0.711. The van der Waals surface area contributed by atoms with Crippen LogP contribution >= 0.6 is 39.1 Å². The van der Waals surface area contributed by atoms with E-state index in [-0.39, 0.29) is 10.9 Å². The lowest BCUT2D eigenvalue weighted by Gasteiger charge is -2.08. The molecule has 0 atom stereocenters. The summed E-state index contributed by atoms with van der Waals surface area (Å²) in [5.74, 6) is -0.329. The number of hydrogen-bond acceptors (Lipinski definition) is 2. The first-order chi connectivity index (χ1) is 8.99. The van der Waals surface area contributed by atoms with Crippen molar-refractivity contribution in [3.8, 4) is 0 Å². The second-order valence-corrected chi connectivity index (χ2v) is 5.43. The molecule has 2 aromatic carbocycles. The number of carbonyl (C=O) groups excluding carboxylic acids is 1. The number of hydrogen-bond donors (Lipinski definition) is 2. The monoisotopic (exact) mass is 358 g/mol. The van der Waals surface area contributed by atoms with Crippen molar-refractivity contribution in [3.05, 3.63) is 56.5 Å². The molecule has 0 saturated carbocycles. The molecule has 0 bridgehead atoms. The molecule has 2 rings (SSSR count). The summed E-state index contributed by atoms with van der Waals surface area (Å²) in [5, 5.41) is 3.30. The summed E-state index contributed by atoms with van der Waals surface area (Å²) in [6.07, 6.45) is 0. The molecule has 98 valence electrons. The van der Waals surface area contributed by atoms with E-state index in [2.05, 4.69) is 21.2 Å². The number of nitrogens with one attached hydrogen (secondary N) is 1. The topological polar surface area (TPSA) is 55.1 Å². The molecular weight excluding hydrogens is 351 g/mol. The summed E-state index contributed by atoms with van der Waals surface area (Å²) in [6, 6.07) is 10.0. The van der Waals surface area contributed by atoms with Gasteiger partial charge in [0.15, 0.2) is 0 Å². The second kappa shape index (κ2) is 5.82. The van der Waals surface area contributed by atoms with Gasteiger partial charge in [0, 0.05) is 15.8 Å². The highest BCUT2D eigenvalue weighted by Crippen LogP contribution is 2.27. The van der Waals surface area contributed by atoms with E-state index in [0.29, 0.717) is 26.4 Å². The second-order valence-electron chi connectivity index (χ2n) is 3.79. The van der Waals surface area contributed by atoms with Crippen molar-refractivity contribution in [2.24, 2.45) is 0 Å². The van der Waals surface area contributed by atoms with E-state index in [1.54, 1.807) is 36.4 Å². The van der Waals surface area contributed by atoms with Crippen LogP contribution in [0.2, 0.25) is 10.0 Å². The molecule has 0 aliphatic heterocycles. The Morgan fingerprint density at radius 1 is 1.21 bits per heavy atom. The summed E-state index contributed by atoms with van der Waals surface area (Å²) in [5.41, 5.74) is 7.21. The number of nitrogen functional groups attached to an aromatic ring is 1. The average Bonchev–Trinajstić information content (AvgIpc) is 2.37. The van der Waals surface area contributed by atoms with Crippen molar-refractivity contribution in [2.75, 3.05) is 11.1 Å². The SMILES string of the molecule is Nc1ccc(NC(=O)c2cccc(Cl)c2Cl)cc1Br. The van der Waals surface area contributed by atoms with Gasteiger partial charge in [-0.05, 0) is 46.3 Å². The van der Waals surface area contributed by atoms with Crippen molar-refractivity contribution in [1.82, 2.24) is 0 Å². The van der Waals surface area contributed by atoms with E-state index >= 15 is 0 Å². The van der Waals surface area contributed by atoms with Gasteiger partial charge < -0.3 is 11.1 Å².